The normalized spacial score (nSPS) is 17.3. The van der Waals surface area contributed by atoms with Crippen LogP contribution in [0.25, 0.3) is 10.8 Å². The van der Waals surface area contributed by atoms with Crippen LogP contribution in [-0.4, -0.2) is 27.1 Å². The summed E-state index contributed by atoms with van der Waals surface area (Å²) in [5.41, 5.74) is 3.55. The average molecular weight is 374 g/mol. The van der Waals surface area contributed by atoms with E-state index in [4.69, 9.17) is 0 Å². The molecule has 0 unspecified atom stereocenters. The molecule has 5 nitrogen and oxygen atoms in total. The number of nitrogens with one attached hydrogen (secondary N) is 1. The van der Waals surface area contributed by atoms with Crippen molar-refractivity contribution in [2.75, 3.05) is 6.54 Å². The van der Waals surface area contributed by atoms with E-state index in [9.17, 15) is 4.79 Å². The van der Waals surface area contributed by atoms with Crippen molar-refractivity contribution in [1.29, 1.82) is 0 Å². The van der Waals surface area contributed by atoms with Crippen LogP contribution < -0.4 is 5.32 Å². The number of amides is 1. The van der Waals surface area contributed by atoms with Gasteiger partial charge in [-0.15, -0.1) is 0 Å². The smallest absolute Gasteiger partial charge is 0.223 e. The first kappa shape index (κ1) is 17.4. The quantitative estimate of drug-likeness (QED) is 0.744. The number of benzene rings is 2. The minimum Gasteiger partial charge on any atom is -0.350 e. The molecule has 1 aliphatic carbocycles. The van der Waals surface area contributed by atoms with Gasteiger partial charge < -0.3 is 5.32 Å². The fraction of sp³-hybridized carbons (Fsp3) is 0.391. The molecule has 0 spiro atoms. The summed E-state index contributed by atoms with van der Waals surface area (Å²) in [6, 6.07) is 17.4. The fourth-order valence-corrected chi connectivity index (χ4v) is 4.19. The van der Waals surface area contributed by atoms with Crippen molar-refractivity contribution in [2.24, 2.45) is 5.92 Å². The summed E-state index contributed by atoms with van der Waals surface area (Å²) in [7, 11) is 0. The molecule has 1 aliphatic heterocycles. The predicted molar refractivity (Wildman–Crippen MR) is 109 cm³/mol. The van der Waals surface area contributed by atoms with E-state index in [1.807, 2.05) is 0 Å². The highest BCUT2D eigenvalue weighted by atomic mass is 16.1. The highest BCUT2D eigenvalue weighted by Crippen LogP contribution is 2.26. The molecule has 2 aliphatic rings. The number of nitrogens with zero attached hydrogens (tertiary/aromatic N) is 3. The molecular formula is C23H26N4O. The second-order valence-electron chi connectivity index (χ2n) is 8.09. The zero-order chi connectivity index (χ0) is 18.9. The van der Waals surface area contributed by atoms with Crippen molar-refractivity contribution in [1.82, 2.24) is 20.0 Å². The number of aromatic nitrogens is 2. The minimum absolute atomic E-state index is 0.190. The number of carbonyl (C=O) groups is 1. The van der Waals surface area contributed by atoms with Crippen LogP contribution in [0.4, 0.5) is 0 Å². The molecule has 1 saturated carbocycles. The molecule has 0 saturated heterocycles. The molecule has 5 rings (SSSR count). The number of carbonyl (C=O) groups excluding carboxylic acids is 1. The second kappa shape index (κ2) is 7.40. The number of fused-ring (bicyclic) bond motifs is 2. The van der Waals surface area contributed by atoms with Crippen LogP contribution in [0.3, 0.4) is 0 Å². The Hall–Kier alpha value is -2.66. The highest BCUT2D eigenvalue weighted by molar-refractivity contribution is 5.83. The maximum Gasteiger partial charge on any atom is 0.223 e. The molecule has 0 atom stereocenters. The average Bonchev–Trinajstić information content (AvgIpc) is 3.07. The summed E-state index contributed by atoms with van der Waals surface area (Å²) in [5.74, 6) is 0.421. The number of hydrogen-bond donors (Lipinski definition) is 1. The largest absolute Gasteiger partial charge is 0.350 e. The molecule has 1 N–H and O–H groups in total. The van der Waals surface area contributed by atoms with Gasteiger partial charge in [-0.3, -0.25) is 14.4 Å². The van der Waals surface area contributed by atoms with Crippen molar-refractivity contribution in [2.45, 2.75) is 45.4 Å². The van der Waals surface area contributed by atoms with E-state index in [0.717, 1.165) is 44.7 Å². The number of rotatable bonds is 5. The lowest BCUT2D eigenvalue weighted by Gasteiger charge is -2.27. The van der Waals surface area contributed by atoms with Crippen molar-refractivity contribution in [3.8, 4) is 0 Å². The van der Waals surface area contributed by atoms with Crippen molar-refractivity contribution in [3.63, 3.8) is 0 Å². The predicted octanol–water partition coefficient (Wildman–Crippen LogP) is 3.47. The lowest BCUT2D eigenvalue weighted by molar-refractivity contribution is -0.127. The first-order valence-corrected chi connectivity index (χ1v) is 10.3. The van der Waals surface area contributed by atoms with Crippen LogP contribution in [0.1, 0.15) is 36.2 Å². The Morgan fingerprint density at radius 3 is 2.75 bits per heavy atom. The van der Waals surface area contributed by atoms with Crippen molar-refractivity contribution < 1.29 is 4.79 Å². The van der Waals surface area contributed by atoms with Crippen LogP contribution in [0.5, 0.6) is 0 Å². The SMILES string of the molecule is O=C(NCc1cc2n(n1)CCN(Cc1ccc3ccccc3c1)C2)C1CCC1. The van der Waals surface area contributed by atoms with Crippen LogP contribution in [0, 0.1) is 5.92 Å². The molecular weight excluding hydrogens is 348 g/mol. The Morgan fingerprint density at radius 2 is 1.93 bits per heavy atom. The number of hydrogen-bond acceptors (Lipinski definition) is 3. The topological polar surface area (TPSA) is 50.2 Å². The summed E-state index contributed by atoms with van der Waals surface area (Å²) in [6.07, 6.45) is 3.26. The third kappa shape index (κ3) is 3.54. The molecule has 1 fully saturated rings. The molecule has 28 heavy (non-hydrogen) atoms. The monoisotopic (exact) mass is 374 g/mol. The molecule has 2 aromatic carbocycles. The summed E-state index contributed by atoms with van der Waals surface area (Å²) in [6.45, 7) is 4.29. The van der Waals surface area contributed by atoms with Gasteiger partial charge in [-0.2, -0.15) is 5.10 Å². The Morgan fingerprint density at radius 1 is 1.07 bits per heavy atom. The maximum absolute atomic E-state index is 12.0. The zero-order valence-electron chi connectivity index (χ0n) is 16.1. The summed E-state index contributed by atoms with van der Waals surface area (Å²) >= 11 is 0. The Kier molecular flexibility index (Phi) is 4.61. The van der Waals surface area contributed by atoms with Gasteiger partial charge in [0.2, 0.25) is 5.91 Å². The van der Waals surface area contributed by atoms with Gasteiger partial charge in [0.1, 0.15) is 0 Å². The van der Waals surface area contributed by atoms with Crippen LogP contribution >= 0.6 is 0 Å². The molecule has 0 bridgehead atoms. The van der Waals surface area contributed by atoms with Crippen LogP contribution in [-0.2, 0) is 31.0 Å². The van der Waals surface area contributed by atoms with Crippen molar-refractivity contribution in [3.05, 3.63) is 65.5 Å². The highest BCUT2D eigenvalue weighted by Gasteiger charge is 2.25. The van der Waals surface area contributed by atoms with E-state index in [-0.39, 0.29) is 11.8 Å². The van der Waals surface area contributed by atoms with Gasteiger partial charge in [-0.1, -0.05) is 42.8 Å². The van der Waals surface area contributed by atoms with Gasteiger partial charge in [0.25, 0.3) is 0 Å². The first-order valence-electron chi connectivity index (χ1n) is 10.3. The van der Waals surface area contributed by atoms with E-state index in [1.165, 1.54) is 28.5 Å². The van der Waals surface area contributed by atoms with Crippen LogP contribution in [0.15, 0.2) is 48.5 Å². The molecule has 1 amide bonds. The fourth-order valence-electron chi connectivity index (χ4n) is 4.19. The van der Waals surface area contributed by atoms with Crippen LogP contribution in [0.2, 0.25) is 0 Å². The van der Waals surface area contributed by atoms with Gasteiger partial charge >= 0.3 is 0 Å². The molecule has 1 aromatic heterocycles. The van der Waals surface area contributed by atoms with E-state index >= 15 is 0 Å². The van der Waals surface area contributed by atoms with Gasteiger partial charge in [0, 0.05) is 25.6 Å². The summed E-state index contributed by atoms with van der Waals surface area (Å²) in [5, 5.41) is 10.3. The Bertz CT molecular complexity index is 1000. The van der Waals surface area contributed by atoms with Gasteiger partial charge in [0.15, 0.2) is 0 Å². The Balaban J connectivity index is 1.22. The molecule has 0 radical (unpaired) electrons. The maximum atomic E-state index is 12.0. The molecule has 2 heterocycles. The lowest BCUT2D eigenvalue weighted by Crippen LogP contribution is -2.34. The third-order valence-electron chi connectivity index (χ3n) is 6.07. The zero-order valence-corrected chi connectivity index (χ0v) is 16.1. The Labute approximate surface area is 165 Å². The third-order valence-corrected chi connectivity index (χ3v) is 6.07. The molecule has 5 heteroatoms. The molecule has 144 valence electrons. The second-order valence-corrected chi connectivity index (χ2v) is 8.09. The summed E-state index contributed by atoms with van der Waals surface area (Å²) < 4.78 is 2.10. The van der Waals surface area contributed by atoms with E-state index < -0.39 is 0 Å². The van der Waals surface area contributed by atoms with Gasteiger partial charge in [-0.05, 0) is 41.3 Å². The minimum atomic E-state index is 0.190. The standard InChI is InChI=1S/C23H26N4O/c28-23(19-6-3-7-19)24-14-21-13-22-16-26(10-11-27(22)25-21)15-17-8-9-18-4-1-2-5-20(18)12-17/h1-2,4-5,8-9,12-13,19H,3,6-7,10-11,14-16H2,(H,24,28). The lowest BCUT2D eigenvalue weighted by atomic mass is 9.85. The van der Waals surface area contributed by atoms with E-state index in [0.29, 0.717) is 6.54 Å². The molecule has 3 aromatic rings. The first-order chi connectivity index (χ1) is 13.7. The van der Waals surface area contributed by atoms with Crippen molar-refractivity contribution >= 4 is 16.7 Å². The van der Waals surface area contributed by atoms with Gasteiger partial charge in [0.05, 0.1) is 24.5 Å². The van der Waals surface area contributed by atoms with E-state index in [2.05, 4.69) is 68.5 Å². The van der Waals surface area contributed by atoms with E-state index in [1.54, 1.807) is 0 Å². The van der Waals surface area contributed by atoms with Gasteiger partial charge in [-0.25, -0.2) is 0 Å². The summed E-state index contributed by atoms with van der Waals surface area (Å²) in [4.78, 5) is 14.5.